The maximum Gasteiger partial charge on any atom is 0.332 e. The highest BCUT2D eigenvalue weighted by Crippen LogP contribution is 2.26. The van der Waals surface area contributed by atoms with Crippen molar-refractivity contribution in [3.05, 3.63) is 15.8 Å². The molecule has 1 heterocycles. The molecule has 0 fully saturated rings. The van der Waals surface area contributed by atoms with Crippen LogP contribution in [0.1, 0.15) is 38.8 Å². The predicted molar refractivity (Wildman–Crippen MR) is 75.6 cm³/mol. The van der Waals surface area contributed by atoms with E-state index in [1.54, 1.807) is 6.92 Å². The van der Waals surface area contributed by atoms with Gasteiger partial charge in [-0.25, -0.2) is 4.98 Å². The Balaban J connectivity index is 2.99. The van der Waals surface area contributed by atoms with Crippen molar-refractivity contribution in [2.75, 3.05) is 23.7 Å². The van der Waals surface area contributed by atoms with Crippen molar-refractivity contribution in [1.29, 1.82) is 0 Å². The van der Waals surface area contributed by atoms with E-state index in [2.05, 4.69) is 27.5 Å². The van der Waals surface area contributed by atoms with Gasteiger partial charge in [0.1, 0.15) is 5.69 Å². The van der Waals surface area contributed by atoms with Crippen LogP contribution in [0.25, 0.3) is 0 Å². The van der Waals surface area contributed by atoms with Crippen molar-refractivity contribution < 1.29 is 4.92 Å². The van der Waals surface area contributed by atoms with Crippen LogP contribution < -0.4 is 10.6 Å². The molecule has 106 valence electrons. The Kier molecular flexibility index (Phi) is 5.98. The first-order chi connectivity index (χ1) is 9.10. The molecule has 0 amide bonds. The Morgan fingerprint density at radius 2 is 1.89 bits per heavy atom. The van der Waals surface area contributed by atoms with E-state index >= 15 is 0 Å². The summed E-state index contributed by atoms with van der Waals surface area (Å²) in [5.74, 6) is 0.730. The molecule has 7 nitrogen and oxygen atoms in total. The van der Waals surface area contributed by atoms with Gasteiger partial charge >= 0.3 is 5.69 Å². The Hall–Kier alpha value is -1.92. The molecule has 0 spiro atoms. The van der Waals surface area contributed by atoms with Crippen molar-refractivity contribution in [2.45, 2.75) is 40.0 Å². The van der Waals surface area contributed by atoms with Gasteiger partial charge in [-0.15, -0.1) is 0 Å². The van der Waals surface area contributed by atoms with Crippen molar-refractivity contribution in [3.63, 3.8) is 0 Å². The molecule has 0 bridgehead atoms. The molecule has 2 N–H and O–H groups in total. The summed E-state index contributed by atoms with van der Waals surface area (Å²) in [6.45, 7) is 7.13. The molecule has 0 saturated carbocycles. The number of nitro groups is 1. The molecule has 1 aromatic heterocycles. The maximum atomic E-state index is 11.1. The zero-order valence-corrected chi connectivity index (χ0v) is 11.7. The molecule has 1 rings (SSSR count). The lowest BCUT2D eigenvalue weighted by atomic mass is 10.3. The van der Waals surface area contributed by atoms with E-state index in [1.807, 2.05) is 6.92 Å². The third-order valence-corrected chi connectivity index (χ3v) is 2.60. The minimum absolute atomic E-state index is 0.0434. The van der Waals surface area contributed by atoms with Gasteiger partial charge in [0.25, 0.3) is 0 Å². The minimum Gasteiger partial charge on any atom is -0.364 e. The Morgan fingerprint density at radius 1 is 1.16 bits per heavy atom. The Morgan fingerprint density at radius 3 is 2.47 bits per heavy atom. The summed E-state index contributed by atoms with van der Waals surface area (Å²) in [4.78, 5) is 18.9. The molecule has 0 saturated heterocycles. The van der Waals surface area contributed by atoms with Crippen molar-refractivity contribution in [3.8, 4) is 0 Å². The largest absolute Gasteiger partial charge is 0.364 e. The zero-order chi connectivity index (χ0) is 14.3. The first kappa shape index (κ1) is 15.1. The zero-order valence-electron chi connectivity index (χ0n) is 11.7. The number of unbranched alkanes of at least 4 members (excludes halogenated alkanes) is 1. The second-order valence-corrected chi connectivity index (χ2v) is 4.29. The molecular weight excluding hydrogens is 246 g/mol. The number of aryl methyl sites for hydroxylation is 1. The quantitative estimate of drug-likeness (QED) is 0.427. The van der Waals surface area contributed by atoms with Gasteiger partial charge in [-0.1, -0.05) is 20.3 Å². The summed E-state index contributed by atoms with van der Waals surface area (Å²) in [5.41, 5.74) is 0.329. The van der Waals surface area contributed by atoms with Gasteiger partial charge in [-0.3, -0.25) is 10.1 Å². The average Bonchev–Trinajstić information content (AvgIpc) is 2.35. The molecule has 0 unspecified atom stereocenters. The number of aromatic nitrogens is 2. The summed E-state index contributed by atoms with van der Waals surface area (Å²) >= 11 is 0. The average molecular weight is 267 g/mol. The van der Waals surface area contributed by atoms with E-state index in [4.69, 9.17) is 0 Å². The van der Waals surface area contributed by atoms with Crippen LogP contribution in [0.5, 0.6) is 0 Å². The van der Waals surface area contributed by atoms with Gasteiger partial charge in [0.05, 0.1) is 4.92 Å². The molecule has 0 aliphatic heterocycles. The second kappa shape index (κ2) is 7.50. The summed E-state index contributed by atoms with van der Waals surface area (Å²) < 4.78 is 0. The number of nitrogens with one attached hydrogen (secondary N) is 2. The highest BCUT2D eigenvalue weighted by atomic mass is 16.6. The predicted octanol–water partition coefficient (Wildman–Crippen LogP) is 2.73. The van der Waals surface area contributed by atoms with E-state index in [0.717, 1.165) is 25.8 Å². The third kappa shape index (κ3) is 4.35. The Bertz CT molecular complexity index is 436. The molecular formula is C12H21N5O2. The SMILES string of the molecule is CCCCNc1nc(NCCC)nc(C)c1[N+](=O)[O-]. The molecule has 0 aromatic carbocycles. The van der Waals surface area contributed by atoms with E-state index in [1.165, 1.54) is 0 Å². The summed E-state index contributed by atoms with van der Waals surface area (Å²) in [5, 5.41) is 17.1. The van der Waals surface area contributed by atoms with Crippen molar-refractivity contribution in [1.82, 2.24) is 9.97 Å². The highest BCUT2D eigenvalue weighted by Gasteiger charge is 2.21. The summed E-state index contributed by atoms with van der Waals surface area (Å²) in [7, 11) is 0. The molecule has 1 aromatic rings. The summed E-state index contributed by atoms with van der Waals surface area (Å²) in [6, 6.07) is 0. The van der Waals surface area contributed by atoms with Crippen molar-refractivity contribution >= 4 is 17.5 Å². The van der Waals surface area contributed by atoms with Gasteiger partial charge in [0.2, 0.25) is 11.8 Å². The maximum absolute atomic E-state index is 11.1. The fourth-order valence-corrected chi connectivity index (χ4v) is 1.61. The second-order valence-electron chi connectivity index (χ2n) is 4.29. The molecule has 19 heavy (non-hydrogen) atoms. The van der Waals surface area contributed by atoms with E-state index in [9.17, 15) is 10.1 Å². The molecule has 0 radical (unpaired) electrons. The number of hydrogen-bond donors (Lipinski definition) is 2. The summed E-state index contributed by atoms with van der Waals surface area (Å²) in [6.07, 6.45) is 2.90. The lowest BCUT2D eigenvalue weighted by Gasteiger charge is -2.10. The van der Waals surface area contributed by atoms with Crippen LogP contribution in [0.2, 0.25) is 0 Å². The van der Waals surface area contributed by atoms with Crippen LogP contribution in [-0.4, -0.2) is 28.0 Å². The normalized spacial score (nSPS) is 10.3. The molecule has 0 atom stereocenters. The first-order valence-corrected chi connectivity index (χ1v) is 6.60. The third-order valence-electron chi connectivity index (χ3n) is 2.60. The smallest absolute Gasteiger partial charge is 0.332 e. The van der Waals surface area contributed by atoms with Crippen LogP contribution in [0.3, 0.4) is 0 Å². The van der Waals surface area contributed by atoms with E-state index < -0.39 is 4.92 Å². The standard InChI is InChI=1S/C12H21N5O2/c1-4-6-8-13-11-10(17(18)19)9(3)15-12(16-11)14-7-5-2/h4-8H2,1-3H3,(H2,13,14,15,16). The van der Waals surface area contributed by atoms with Gasteiger partial charge in [0.15, 0.2) is 0 Å². The van der Waals surface area contributed by atoms with Crippen LogP contribution in [0.15, 0.2) is 0 Å². The number of nitrogens with zero attached hydrogens (tertiary/aromatic N) is 3. The van der Waals surface area contributed by atoms with Gasteiger partial charge in [0, 0.05) is 13.1 Å². The topological polar surface area (TPSA) is 93.0 Å². The van der Waals surface area contributed by atoms with Crippen molar-refractivity contribution in [2.24, 2.45) is 0 Å². The van der Waals surface area contributed by atoms with Crippen LogP contribution >= 0.6 is 0 Å². The van der Waals surface area contributed by atoms with E-state index in [0.29, 0.717) is 24.0 Å². The minimum atomic E-state index is -0.437. The molecule has 0 aliphatic rings. The molecule has 0 aliphatic carbocycles. The lowest BCUT2D eigenvalue weighted by Crippen LogP contribution is -2.12. The number of rotatable bonds is 8. The number of anilines is 2. The Labute approximate surface area is 113 Å². The monoisotopic (exact) mass is 267 g/mol. The van der Waals surface area contributed by atoms with Crippen LogP contribution in [-0.2, 0) is 0 Å². The van der Waals surface area contributed by atoms with Gasteiger partial charge < -0.3 is 10.6 Å². The lowest BCUT2D eigenvalue weighted by molar-refractivity contribution is -0.385. The fourth-order valence-electron chi connectivity index (χ4n) is 1.61. The fraction of sp³-hybridized carbons (Fsp3) is 0.667. The highest BCUT2D eigenvalue weighted by molar-refractivity contribution is 5.60. The van der Waals surface area contributed by atoms with Crippen LogP contribution in [0, 0.1) is 17.0 Å². The van der Waals surface area contributed by atoms with Gasteiger partial charge in [-0.2, -0.15) is 4.98 Å². The van der Waals surface area contributed by atoms with Crippen LogP contribution in [0.4, 0.5) is 17.5 Å². The molecule has 7 heteroatoms. The first-order valence-electron chi connectivity index (χ1n) is 6.60. The van der Waals surface area contributed by atoms with E-state index in [-0.39, 0.29) is 5.69 Å². The van der Waals surface area contributed by atoms with Gasteiger partial charge in [-0.05, 0) is 19.8 Å². The number of hydrogen-bond acceptors (Lipinski definition) is 6.